The van der Waals surface area contributed by atoms with Gasteiger partial charge >= 0.3 is 0 Å². The van der Waals surface area contributed by atoms with Gasteiger partial charge in [0.25, 0.3) is 5.91 Å². The van der Waals surface area contributed by atoms with Crippen molar-refractivity contribution in [2.24, 2.45) is 0 Å². The Labute approximate surface area is 100.0 Å². The lowest BCUT2D eigenvalue weighted by Crippen LogP contribution is -2.10. The second-order valence-corrected chi connectivity index (χ2v) is 4.70. The zero-order chi connectivity index (χ0) is 11.5. The third-order valence-corrected chi connectivity index (χ3v) is 3.31. The first-order valence-corrected chi connectivity index (χ1v) is 6.29. The highest BCUT2D eigenvalue weighted by atomic mass is 32.1. The number of aromatic nitrogens is 1. The van der Waals surface area contributed by atoms with Crippen LogP contribution in [0.4, 0.5) is 5.13 Å². The normalized spacial score (nSPS) is 10.1. The van der Waals surface area contributed by atoms with Crippen LogP contribution in [0.2, 0.25) is 0 Å². The molecule has 82 valence electrons. The molecule has 1 amide bonds. The lowest BCUT2D eigenvalue weighted by Gasteiger charge is -1.97. The number of hydrogen-bond donors (Lipinski definition) is 1. The number of amides is 1. The van der Waals surface area contributed by atoms with E-state index in [9.17, 15) is 9.59 Å². The van der Waals surface area contributed by atoms with Gasteiger partial charge in [-0.15, -0.1) is 11.3 Å². The van der Waals surface area contributed by atoms with Crippen LogP contribution in [0, 0.1) is 0 Å². The largest absolute Gasteiger partial charge is 0.298 e. The number of carbonyl (C=O) groups excluding carboxylic acids is 2. The van der Waals surface area contributed by atoms with Crippen molar-refractivity contribution >= 4 is 39.5 Å². The summed E-state index contributed by atoms with van der Waals surface area (Å²) >= 11 is 2.70. The van der Waals surface area contributed by atoms with Crippen LogP contribution < -0.4 is 5.32 Å². The second-order valence-electron chi connectivity index (χ2n) is 3.06. The van der Waals surface area contributed by atoms with Gasteiger partial charge in [-0.2, -0.15) is 11.3 Å². The summed E-state index contributed by atoms with van der Waals surface area (Å²) in [5.74, 6) is -0.307. The van der Waals surface area contributed by atoms with Crippen molar-refractivity contribution in [2.75, 3.05) is 5.32 Å². The van der Waals surface area contributed by atoms with E-state index in [2.05, 4.69) is 10.3 Å². The summed E-state index contributed by atoms with van der Waals surface area (Å²) in [7, 11) is 0. The number of thiophene rings is 1. The minimum absolute atomic E-state index is 0.104. The Kier molecular flexibility index (Phi) is 3.12. The van der Waals surface area contributed by atoms with Gasteiger partial charge in [0.15, 0.2) is 10.9 Å². The van der Waals surface area contributed by atoms with Crippen LogP contribution in [0.5, 0.6) is 0 Å². The summed E-state index contributed by atoms with van der Waals surface area (Å²) in [6.45, 7) is 1.44. The molecule has 0 saturated heterocycles. The minimum atomic E-state index is -0.203. The molecule has 0 aliphatic rings. The van der Waals surface area contributed by atoms with Crippen molar-refractivity contribution in [1.29, 1.82) is 0 Å². The highest BCUT2D eigenvalue weighted by Crippen LogP contribution is 2.17. The average molecular weight is 252 g/mol. The summed E-state index contributed by atoms with van der Waals surface area (Å²) in [5, 5.41) is 8.31. The lowest BCUT2D eigenvalue weighted by atomic mass is 10.3. The zero-order valence-corrected chi connectivity index (χ0v) is 10.0. The van der Waals surface area contributed by atoms with E-state index in [-0.39, 0.29) is 11.7 Å². The first-order chi connectivity index (χ1) is 7.66. The number of nitrogens with zero attached hydrogens (tertiary/aromatic N) is 1. The summed E-state index contributed by atoms with van der Waals surface area (Å²) in [6, 6.07) is 1.74. The van der Waals surface area contributed by atoms with Crippen LogP contribution in [0.15, 0.2) is 22.2 Å². The first kappa shape index (κ1) is 11.0. The number of nitrogens with one attached hydrogen (secondary N) is 1. The molecule has 0 saturated carbocycles. The smallest absolute Gasteiger partial charge is 0.258 e. The maximum atomic E-state index is 11.6. The van der Waals surface area contributed by atoms with Gasteiger partial charge in [-0.25, -0.2) is 4.98 Å². The van der Waals surface area contributed by atoms with E-state index in [1.807, 2.05) is 5.38 Å². The van der Waals surface area contributed by atoms with E-state index in [0.717, 1.165) is 0 Å². The molecule has 0 atom stereocenters. The molecule has 0 bridgehead atoms. The molecule has 1 N–H and O–H groups in total. The number of ketones is 1. The molecular weight excluding hydrogens is 244 g/mol. The van der Waals surface area contributed by atoms with Gasteiger partial charge in [-0.1, -0.05) is 0 Å². The third kappa shape index (κ3) is 2.34. The van der Waals surface area contributed by atoms with Gasteiger partial charge in [-0.3, -0.25) is 14.9 Å². The molecule has 0 radical (unpaired) electrons. The minimum Gasteiger partial charge on any atom is -0.298 e. The van der Waals surface area contributed by atoms with Crippen LogP contribution in [0.1, 0.15) is 27.8 Å². The van der Waals surface area contributed by atoms with Gasteiger partial charge in [0.05, 0.1) is 5.56 Å². The Morgan fingerprint density at radius 2 is 2.19 bits per heavy atom. The van der Waals surface area contributed by atoms with Crippen molar-refractivity contribution < 1.29 is 9.59 Å². The number of carbonyl (C=O) groups is 2. The molecule has 0 unspecified atom stereocenters. The Morgan fingerprint density at radius 3 is 2.75 bits per heavy atom. The standard InChI is InChI=1S/C10H8N2O2S2/c1-6(13)8-5-16-10(11-8)12-9(14)7-2-3-15-4-7/h2-5H,1H3,(H,11,12,14). The van der Waals surface area contributed by atoms with Crippen molar-refractivity contribution in [3.05, 3.63) is 33.5 Å². The summed E-state index contributed by atoms with van der Waals surface area (Å²) in [5.41, 5.74) is 0.982. The Morgan fingerprint density at radius 1 is 1.38 bits per heavy atom. The number of hydrogen-bond acceptors (Lipinski definition) is 5. The van der Waals surface area contributed by atoms with E-state index < -0.39 is 0 Å². The molecular formula is C10H8N2O2S2. The van der Waals surface area contributed by atoms with E-state index in [4.69, 9.17) is 0 Å². The maximum Gasteiger partial charge on any atom is 0.258 e. The van der Waals surface area contributed by atoms with E-state index >= 15 is 0 Å². The van der Waals surface area contributed by atoms with E-state index in [1.54, 1.807) is 16.8 Å². The molecule has 2 heterocycles. The van der Waals surface area contributed by atoms with Crippen LogP contribution in [-0.4, -0.2) is 16.7 Å². The van der Waals surface area contributed by atoms with Gasteiger partial charge < -0.3 is 0 Å². The first-order valence-electron chi connectivity index (χ1n) is 4.47. The number of thiazole rings is 1. The van der Waals surface area contributed by atoms with Gasteiger partial charge in [0.2, 0.25) is 0 Å². The van der Waals surface area contributed by atoms with Crippen molar-refractivity contribution in [2.45, 2.75) is 6.92 Å². The van der Waals surface area contributed by atoms with E-state index in [1.165, 1.54) is 29.6 Å². The second kappa shape index (κ2) is 4.54. The molecule has 2 aromatic rings. The van der Waals surface area contributed by atoms with Crippen molar-refractivity contribution in [3.63, 3.8) is 0 Å². The Bertz CT molecular complexity index is 517. The fraction of sp³-hybridized carbons (Fsp3) is 0.100. The monoisotopic (exact) mass is 252 g/mol. The molecule has 6 heteroatoms. The molecule has 0 aliphatic carbocycles. The Balaban J connectivity index is 2.09. The molecule has 0 aliphatic heterocycles. The maximum absolute atomic E-state index is 11.6. The fourth-order valence-corrected chi connectivity index (χ4v) is 2.44. The fourth-order valence-electron chi connectivity index (χ4n) is 1.06. The van der Waals surface area contributed by atoms with Gasteiger partial charge in [-0.05, 0) is 11.4 Å². The van der Waals surface area contributed by atoms with Crippen LogP contribution >= 0.6 is 22.7 Å². The third-order valence-electron chi connectivity index (χ3n) is 1.87. The molecule has 4 nitrogen and oxygen atoms in total. The molecule has 0 fully saturated rings. The summed E-state index contributed by atoms with van der Waals surface area (Å²) in [6.07, 6.45) is 0. The summed E-state index contributed by atoms with van der Waals surface area (Å²) in [4.78, 5) is 26.6. The van der Waals surface area contributed by atoms with Crippen molar-refractivity contribution in [1.82, 2.24) is 4.98 Å². The zero-order valence-electron chi connectivity index (χ0n) is 8.39. The number of Topliss-reactive ketones (excluding diaryl/α,β-unsaturated/α-hetero) is 1. The quantitative estimate of drug-likeness (QED) is 0.854. The average Bonchev–Trinajstić information content (AvgIpc) is 2.87. The number of rotatable bonds is 3. The highest BCUT2D eigenvalue weighted by Gasteiger charge is 2.10. The van der Waals surface area contributed by atoms with E-state index in [0.29, 0.717) is 16.4 Å². The topological polar surface area (TPSA) is 59.1 Å². The number of anilines is 1. The van der Waals surface area contributed by atoms with Crippen molar-refractivity contribution in [3.8, 4) is 0 Å². The van der Waals surface area contributed by atoms with Crippen LogP contribution in [0.3, 0.4) is 0 Å². The predicted molar refractivity (Wildman–Crippen MR) is 64.4 cm³/mol. The molecule has 0 spiro atoms. The van der Waals surface area contributed by atoms with Gasteiger partial charge in [0, 0.05) is 17.7 Å². The lowest BCUT2D eigenvalue weighted by molar-refractivity contribution is 0.100. The van der Waals surface area contributed by atoms with Gasteiger partial charge in [0.1, 0.15) is 5.69 Å². The van der Waals surface area contributed by atoms with Crippen LogP contribution in [0.25, 0.3) is 0 Å². The molecule has 16 heavy (non-hydrogen) atoms. The molecule has 0 aromatic carbocycles. The Hall–Kier alpha value is -1.53. The highest BCUT2D eigenvalue weighted by molar-refractivity contribution is 7.14. The predicted octanol–water partition coefficient (Wildman–Crippen LogP) is 2.66. The molecule has 2 rings (SSSR count). The van der Waals surface area contributed by atoms with Crippen LogP contribution in [-0.2, 0) is 0 Å². The SMILES string of the molecule is CC(=O)c1csc(NC(=O)c2ccsc2)n1. The summed E-state index contributed by atoms with van der Waals surface area (Å²) < 4.78 is 0. The molecule has 2 aromatic heterocycles.